The Hall–Kier alpha value is -1.02. The summed E-state index contributed by atoms with van der Waals surface area (Å²) < 4.78 is 5.57. The molecule has 0 aliphatic carbocycles. The number of ether oxygens (including phenoxy) is 1. The minimum atomic E-state index is -0.610. The molecule has 0 aliphatic rings. The van der Waals surface area contributed by atoms with Crippen LogP contribution in [0.3, 0.4) is 0 Å². The van der Waals surface area contributed by atoms with Gasteiger partial charge in [0.1, 0.15) is 5.75 Å². The Morgan fingerprint density at radius 1 is 1.31 bits per heavy atom. The molecule has 0 saturated carbocycles. The number of hydrogen-bond donors (Lipinski definition) is 0. The first-order chi connectivity index (χ1) is 7.41. The van der Waals surface area contributed by atoms with Crippen molar-refractivity contribution in [2.75, 3.05) is 0 Å². The Morgan fingerprint density at radius 3 is 2.44 bits per heavy atom. The molecule has 0 amide bonds. The zero-order valence-electron chi connectivity index (χ0n) is 10.1. The monoisotopic (exact) mass is 240 g/mol. The largest absolute Gasteiger partial charge is 0.481 e. The maximum absolute atomic E-state index is 11.0. The first-order valence-corrected chi connectivity index (χ1v) is 5.76. The molecule has 1 aromatic rings. The first kappa shape index (κ1) is 13.0. The molecule has 1 rings (SSSR count). The van der Waals surface area contributed by atoms with Crippen LogP contribution in [0.1, 0.15) is 37.8 Å². The number of hydrogen-bond acceptors (Lipinski definition) is 2. The summed E-state index contributed by atoms with van der Waals surface area (Å²) in [4.78, 5) is 11.0. The first-order valence-electron chi connectivity index (χ1n) is 5.38. The van der Waals surface area contributed by atoms with Gasteiger partial charge in [-0.1, -0.05) is 26.0 Å². The predicted octanol–water partition coefficient (Wildman–Crippen LogP) is 3.65. The van der Waals surface area contributed by atoms with E-state index in [1.165, 1.54) is 0 Å². The lowest BCUT2D eigenvalue weighted by Crippen LogP contribution is -2.19. The maximum atomic E-state index is 11.0. The zero-order valence-corrected chi connectivity index (χ0v) is 10.8. The van der Waals surface area contributed by atoms with E-state index >= 15 is 0 Å². The van der Waals surface area contributed by atoms with Crippen molar-refractivity contribution in [3.63, 3.8) is 0 Å². The summed E-state index contributed by atoms with van der Waals surface area (Å²) in [7, 11) is 0. The van der Waals surface area contributed by atoms with Crippen LogP contribution in [0.4, 0.5) is 0 Å². The van der Waals surface area contributed by atoms with Crippen molar-refractivity contribution in [1.82, 2.24) is 0 Å². The summed E-state index contributed by atoms with van der Waals surface area (Å²) in [5, 5.41) is -0.476. The van der Waals surface area contributed by atoms with E-state index in [9.17, 15) is 4.79 Å². The molecule has 88 valence electrons. The predicted molar refractivity (Wildman–Crippen MR) is 66.2 cm³/mol. The highest BCUT2D eigenvalue weighted by atomic mass is 35.5. The normalized spacial score (nSPS) is 12.6. The third-order valence-corrected chi connectivity index (χ3v) is 2.72. The lowest BCUT2D eigenvalue weighted by Gasteiger charge is -2.17. The molecule has 1 atom stereocenters. The molecule has 0 aliphatic heterocycles. The van der Waals surface area contributed by atoms with Crippen LogP contribution in [0, 0.1) is 6.92 Å². The van der Waals surface area contributed by atoms with E-state index in [1.807, 2.05) is 25.1 Å². The molecule has 1 aromatic carbocycles. The van der Waals surface area contributed by atoms with Crippen LogP contribution in [0.15, 0.2) is 18.2 Å². The number of carbonyl (C=O) groups excluding carboxylic acids is 1. The molecular formula is C13H17ClO2. The van der Waals surface area contributed by atoms with Gasteiger partial charge in [0.15, 0.2) is 6.10 Å². The Bertz CT molecular complexity index is 386. The van der Waals surface area contributed by atoms with Crippen LogP contribution >= 0.6 is 11.6 Å². The van der Waals surface area contributed by atoms with E-state index in [1.54, 1.807) is 6.92 Å². The van der Waals surface area contributed by atoms with E-state index < -0.39 is 11.3 Å². The number of aryl methyl sites for hydroxylation is 1. The topological polar surface area (TPSA) is 26.3 Å². The highest BCUT2D eigenvalue weighted by Gasteiger charge is 2.15. The number of rotatable bonds is 4. The van der Waals surface area contributed by atoms with Crippen molar-refractivity contribution in [3.8, 4) is 5.75 Å². The molecule has 0 fully saturated rings. The van der Waals surface area contributed by atoms with E-state index in [0.29, 0.717) is 5.92 Å². The molecular weight excluding hydrogens is 224 g/mol. The number of halogens is 1. The van der Waals surface area contributed by atoms with Gasteiger partial charge in [-0.15, -0.1) is 0 Å². The van der Waals surface area contributed by atoms with Crippen LogP contribution in [0.2, 0.25) is 0 Å². The number of benzene rings is 1. The van der Waals surface area contributed by atoms with Gasteiger partial charge >= 0.3 is 0 Å². The summed E-state index contributed by atoms with van der Waals surface area (Å²) in [6.45, 7) is 7.82. The Kier molecular flexibility index (Phi) is 4.36. The van der Waals surface area contributed by atoms with Gasteiger partial charge in [-0.05, 0) is 48.6 Å². The van der Waals surface area contributed by atoms with Gasteiger partial charge in [0, 0.05) is 0 Å². The lowest BCUT2D eigenvalue weighted by atomic mass is 10.0. The van der Waals surface area contributed by atoms with Gasteiger partial charge in [0.2, 0.25) is 0 Å². The molecule has 3 heteroatoms. The molecule has 16 heavy (non-hydrogen) atoms. The minimum Gasteiger partial charge on any atom is -0.481 e. The summed E-state index contributed by atoms with van der Waals surface area (Å²) in [5.41, 5.74) is 2.20. The second-order valence-electron chi connectivity index (χ2n) is 4.26. The summed E-state index contributed by atoms with van der Waals surface area (Å²) in [5.74, 6) is 1.10. The molecule has 0 N–H and O–H groups in total. The van der Waals surface area contributed by atoms with Crippen molar-refractivity contribution in [1.29, 1.82) is 0 Å². The van der Waals surface area contributed by atoms with Gasteiger partial charge in [-0.25, -0.2) is 0 Å². The Balaban J connectivity index is 3.01. The van der Waals surface area contributed by atoms with Crippen LogP contribution in [-0.4, -0.2) is 11.3 Å². The summed E-state index contributed by atoms with van der Waals surface area (Å²) >= 11 is 5.39. The van der Waals surface area contributed by atoms with Gasteiger partial charge < -0.3 is 4.74 Å². The fourth-order valence-corrected chi connectivity index (χ4v) is 1.50. The highest BCUT2D eigenvalue weighted by Crippen LogP contribution is 2.28. The smallest absolute Gasteiger partial charge is 0.262 e. The standard InChI is InChI=1S/C13H17ClO2/c1-8(2)11-6-5-9(3)7-12(11)16-10(4)13(14)15/h5-8,10H,1-4H3. The minimum absolute atomic E-state index is 0.355. The molecule has 0 heterocycles. The van der Waals surface area contributed by atoms with Crippen molar-refractivity contribution in [3.05, 3.63) is 29.3 Å². The molecule has 0 radical (unpaired) electrons. The quantitative estimate of drug-likeness (QED) is 0.751. The van der Waals surface area contributed by atoms with Crippen molar-refractivity contribution >= 4 is 16.8 Å². The zero-order chi connectivity index (χ0) is 12.3. The van der Waals surface area contributed by atoms with Crippen LogP contribution in [-0.2, 0) is 4.79 Å². The molecule has 0 saturated heterocycles. The molecule has 0 spiro atoms. The average Bonchev–Trinajstić information content (AvgIpc) is 2.16. The van der Waals surface area contributed by atoms with E-state index in [4.69, 9.17) is 16.3 Å². The summed E-state index contributed by atoms with van der Waals surface area (Å²) in [6.07, 6.45) is -0.610. The van der Waals surface area contributed by atoms with E-state index in [2.05, 4.69) is 13.8 Å². The second-order valence-corrected chi connectivity index (χ2v) is 4.63. The molecule has 0 bridgehead atoms. The third kappa shape index (κ3) is 3.24. The molecule has 2 nitrogen and oxygen atoms in total. The Morgan fingerprint density at radius 2 is 1.94 bits per heavy atom. The molecule has 1 unspecified atom stereocenters. The number of carbonyl (C=O) groups is 1. The van der Waals surface area contributed by atoms with Gasteiger partial charge in [0.25, 0.3) is 5.24 Å². The second kappa shape index (κ2) is 5.35. The summed E-state index contributed by atoms with van der Waals surface area (Å²) in [6, 6.07) is 6.00. The fraction of sp³-hybridized carbons (Fsp3) is 0.462. The van der Waals surface area contributed by atoms with Gasteiger partial charge in [-0.3, -0.25) is 4.79 Å². The van der Waals surface area contributed by atoms with Crippen molar-refractivity contribution in [2.45, 2.75) is 39.7 Å². The Labute approximate surface area is 102 Å². The lowest BCUT2D eigenvalue weighted by molar-refractivity contribution is -0.117. The fourth-order valence-electron chi connectivity index (χ4n) is 1.46. The van der Waals surface area contributed by atoms with Crippen molar-refractivity contribution in [2.24, 2.45) is 0 Å². The van der Waals surface area contributed by atoms with Crippen LogP contribution < -0.4 is 4.74 Å². The maximum Gasteiger partial charge on any atom is 0.262 e. The van der Waals surface area contributed by atoms with Crippen molar-refractivity contribution < 1.29 is 9.53 Å². The van der Waals surface area contributed by atoms with E-state index in [-0.39, 0.29) is 0 Å². The third-order valence-electron chi connectivity index (χ3n) is 2.41. The molecule has 0 aromatic heterocycles. The van der Waals surface area contributed by atoms with Gasteiger partial charge in [-0.2, -0.15) is 0 Å². The average molecular weight is 241 g/mol. The highest BCUT2D eigenvalue weighted by molar-refractivity contribution is 6.64. The van der Waals surface area contributed by atoms with Crippen LogP contribution in [0.5, 0.6) is 5.75 Å². The van der Waals surface area contributed by atoms with Crippen LogP contribution in [0.25, 0.3) is 0 Å². The van der Waals surface area contributed by atoms with Gasteiger partial charge in [0.05, 0.1) is 0 Å². The SMILES string of the molecule is Cc1ccc(C(C)C)c(OC(C)C(=O)Cl)c1. The van der Waals surface area contributed by atoms with E-state index in [0.717, 1.165) is 16.9 Å².